The molecule has 1 saturated heterocycles. The first-order chi connectivity index (χ1) is 8.08. The summed E-state index contributed by atoms with van der Waals surface area (Å²) in [6, 6.07) is 3.49. The molecule has 0 saturated carbocycles. The summed E-state index contributed by atoms with van der Waals surface area (Å²) in [6.07, 6.45) is 0.767. The van der Waals surface area contributed by atoms with Gasteiger partial charge in [-0.2, -0.15) is 0 Å². The highest BCUT2D eigenvalue weighted by molar-refractivity contribution is 5.81. The zero-order chi connectivity index (χ0) is 12.4. The van der Waals surface area contributed by atoms with Crippen LogP contribution >= 0.6 is 0 Å². The number of ketones is 1. The van der Waals surface area contributed by atoms with Crippen LogP contribution in [0.5, 0.6) is 0 Å². The minimum Gasteiger partial charge on any atom is -0.365 e. The fraction of sp³-hybridized carbons (Fsp3) is 0.364. The third-order valence-corrected chi connectivity index (χ3v) is 2.80. The highest BCUT2D eigenvalue weighted by Crippen LogP contribution is 2.30. The van der Waals surface area contributed by atoms with Crippen LogP contribution in [0, 0.1) is 15.9 Å². The Labute approximate surface area is 97.0 Å². The molecule has 1 aromatic carbocycles. The van der Waals surface area contributed by atoms with Gasteiger partial charge in [-0.3, -0.25) is 14.9 Å². The van der Waals surface area contributed by atoms with Gasteiger partial charge >= 0.3 is 0 Å². The van der Waals surface area contributed by atoms with Crippen molar-refractivity contribution in [3.63, 3.8) is 0 Å². The van der Waals surface area contributed by atoms with Crippen molar-refractivity contribution in [3.05, 3.63) is 34.1 Å². The van der Waals surface area contributed by atoms with E-state index in [1.165, 1.54) is 12.1 Å². The summed E-state index contributed by atoms with van der Waals surface area (Å²) in [5.74, 6) is -0.473. The van der Waals surface area contributed by atoms with Crippen LogP contribution in [0.25, 0.3) is 0 Å². The van der Waals surface area contributed by atoms with Crippen molar-refractivity contribution in [2.45, 2.75) is 12.8 Å². The maximum absolute atomic E-state index is 13.0. The lowest BCUT2D eigenvalue weighted by Gasteiger charge is -2.27. The fourth-order valence-electron chi connectivity index (χ4n) is 1.91. The Balaban J connectivity index is 2.31. The van der Waals surface area contributed by atoms with Gasteiger partial charge in [0, 0.05) is 25.9 Å². The Hall–Kier alpha value is -1.98. The maximum Gasteiger partial charge on any atom is 0.295 e. The van der Waals surface area contributed by atoms with Crippen LogP contribution in [-0.4, -0.2) is 23.8 Å². The van der Waals surface area contributed by atoms with Gasteiger partial charge in [0.2, 0.25) is 0 Å². The predicted octanol–water partition coefficient (Wildman–Crippen LogP) is 1.90. The van der Waals surface area contributed by atoms with Crippen LogP contribution in [-0.2, 0) is 4.79 Å². The second-order valence-electron chi connectivity index (χ2n) is 3.92. The van der Waals surface area contributed by atoms with Crippen LogP contribution in [0.1, 0.15) is 12.8 Å². The van der Waals surface area contributed by atoms with Crippen molar-refractivity contribution in [2.24, 2.45) is 0 Å². The molecular weight excluding hydrogens is 227 g/mol. The molecule has 90 valence electrons. The molecule has 0 aromatic heterocycles. The van der Waals surface area contributed by atoms with Crippen molar-refractivity contribution in [1.82, 2.24) is 0 Å². The van der Waals surface area contributed by atoms with Gasteiger partial charge in [0.15, 0.2) is 0 Å². The van der Waals surface area contributed by atoms with E-state index in [0.717, 1.165) is 6.07 Å². The summed E-state index contributed by atoms with van der Waals surface area (Å²) < 4.78 is 13.0. The van der Waals surface area contributed by atoms with Crippen LogP contribution in [0.3, 0.4) is 0 Å². The smallest absolute Gasteiger partial charge is 0.295 e. The summed E-state index contributed by atoms with van der Waals surface area (Å²) in [5, 5.41) is 10.8. The Morgan fingerprint density at radius 1 is 1.29 bits per heavy atom. The standard InChI is InChI=1S/C11H11FN2O3/c12-8-1-2-10(11(7-8)14(16)17)13-5-3-9(15)4-6-13/h1-2,7H,3-6H2. The average Bonchev–Trinajstić information content (AvgIpc) is 2.30. The molecule has 6 heteroatoms. The molecule has 2 rings (SSSR count). The van der Waals surface area contributed by atoms with E-state index in [9.17, 15) is 19.3 Å². The lowest BCUT2D eigenvalue weighted by Crippen LogP contribution is -2.34. The number of hydrogen-bond acceptors (Lipinski definition) is 4. The normalized spacial score (nSPS) is 16.1. The van der Waals surface area contributed by atoms with Crippen molar-refractivity contribution < 1.29 is 14.1 Å². The first-order valence-electron chi connectivity index (χ1n) is 5.28. The molecule has 1 fully saturated rings. The number of Topliss-reactive ketones (excluding diaryl/α,β-unsaturated/α-hetero) is 1. The molecule has 0 unspecified atom stereocenters. The summed E-state index contributed by atoms with van der Waals surface area (Å²) in [4.78, 5) is 23.1. The van der Waals surface area contributed by atoms with E-state index in [4.69, 9.17) is 0 Å². The number of rotatable bonds is 2. The molecule has 5 nitrogen and oxygen atoms in total. The molecule has 0 atom stereocenters. The summed E-state index contributed by atoms with van der Waals surface area (Å²) in [6.45, 7) is 0.899. The molecule has 0 amide bonds. The van der Waals surface area contributed by atoms with E-state index in [1.807, 2.05) is 0 Å². The van der Waals surface area contributed by atoms with Gasteiger partial charge < -0.3 is 4.90 Å². The third kappa shape index (κ3) is 2.41. The first-order valence-corrected chi connectivity index (χ1v) is 5.28. The second-order valence-corrected chi connectivity index (χ2v) is 3.92. The van der Waals surface area contributed by atoms with Crippen LogP contribution in [0.2, 0.25) is 0 Å². The van der Waals surface area contributed by atoms with Gasteiger partial charge in [-0.1, -0.05) is 0 Å². The third-order valence-electron chi connectivity index (χ3n) is 2.80. The van der Waals surface area contributed by atoms with Gasteiger partial charge in [-0.25, -0.2) is 4.39 Å². The molecule has 0 aliphatic carbocycles. The van der Waals surface area contributed by atoms with E-state index < -0.39 is 10.7 Å². The largest absolute Gasteiger partial charge is 0.365 e. The predicted molar refractivity (Wildman–Crippen MR) is 59.5 cm³/mol. The number of nitro benzene ring substituents is 1. The summed E-state index contributed by atoms with van der Waals surface area (Å²) in [5.41, 5.74) is 0.128. The molecule has 0 radical (unpaired) electrons. The average molecular weight is 238 g/mol. The minimum atomic E-state index is -0.631. The SMILES string of the molecule is O=C1CCN(c2ccc(F)cc2[N+](=O)[O-])CC1. The minimum absolute atomic E-state index is 0.158. The fourth-order valence-corrected chi connectivity index (χ4v) is 1.91. The monoisotopic (exact) mass is 238 g/mol. The van der Waals surface area contributed by atoms with Gasteiger partial charge in [0.1, 0.15) is 17.3 Å². The topological polar surface area (TPSA) is 63.5 Å². The number of benzene rings is 1. The molecule has 0 N–H and O–H groups in total. The van der Waals surface area contributed by atoms with Gasteiger partial charge in [0.05, 0.1) is 11.0 Å². The van der Waals surface area contributed by atoms with E-state index in [1.54, 1.807) is 4.90 Å². The zero-order valence-electron chi connectivity index (χ0n) is 9.06. The Bertz CT molecular complexity index is 466. The number of nitro groups is 1. The molecule has 0 bridgehead atoms. The number of anilines is 1. The zero-order valence-corrected chi connectivity index (χ0v) is 9.06. The second kappa shape index (κ2) is 4.48. The lowest BCUT2D eigenvalue weighted by molar-refractivity contribution is -0.384. The summed E-state index contributed by atoms with van der Waals surface area (Å²) >= 11 is 0. The van der Waals surface area contributed by atoms with Crippen molar-refractivity contribution in [1.29, 1.82) is 0 Å². The van der Waals surface area contributed by atoms with Crippen LogP contribution in [0.4, 0.5) is 15.8 Å². The quantitative estimate of drug-likeness (QED) is 0.583. The van der Waals surface area contributed by atoms with E-state index in [2.05, 4.69) is 0 Å². The molecule has 1 aromatic rings. The summed E-state index contributed by atoms with van der Waals surface area (Å²) in [7, 11) is 0. The highest BCUT2D eigenvalue weighted by atomic mass is 19.1. The Morgan fingerprint density at radius 2 is 1.94 bits per heavy atom. The molecule has 17 heavy (non-hydrogen) atoms. The number of carbonyl (C=O) groups is 1. The number of carbonyl (C=O) groups excluding carboxylic acids is 1. The number of nitrogens with zero attached hydrogens (tertiary/aromatic N) is 2. The molecule has 1 aliphatic rings. The molecule has 1 aliphatic heterocycles. The van der Waals surface area contributed by atoms with Gasteiger partial charge in [-0.05, 0) is 12.1 Å². The van der Waals surface area contributed by atoms with Crippen molar-refractivity contribution in [3.8, 4) is 0 Å². The molecular formula is C11H11FN2O3. The van der Waals surface area contributed by atoms with E-state index in [-0.39, 0.29) is 11.5 Å². The van der Waals surface area contributed by atoms with Crippen LogP contribution in [0.15, 0.2) is 18.2 Å². The highest BCUT2D eigenvalue weighted by Gasteiger charge is 2.23. The Morgan fingerprint density at radius 3 is 2.53 bits per heavy atom. The molecule has 0 spiro atoms. The lowest BCUT2D eigenvalue weighted by atomic mass is 10.1. The number of hydrogen-bond donors (Lipinski definition) is 0. The number of halogens is 1. The van der Waals surface area contributed by atoms with Crippen molar-refractivity contribution in [2.75, 3.05) is 18.0 Å². The van der Waals surface area contributed by atoms with Crippen molar-refractivity contribution >= 4 is 17.2 Å². The van der Waals surface area contributed by atoms with Crippen LogP contribution < -0.4 is 4.90 Å². The first kappa shape index (κ1) is 11.5. The van der Waals surface area contributed by atoms with Gasteiger partial charge in [-0.15, -0.1) is 0 Å². The number of piperidine rings is 1. The maximum atomic E-state index is 13.0. The van der Waals surface area contributed by atoms with E-state index in [0.29, 0.717) is 31.6 Å². The van der Waals surface area contributed by atoms with Gasteiger partial charge in [0.25, 0.3) is 5.69 Å². The van der Waals surface area contributed by atoms with E-state index >= 15 is 0 Å². The molecule has 1 heterocycles. The Kier molecular flexibility index (Phi) is 3.03.